The summed E-state index contributed by atoms with van der Waals surface area (Å²) >= 11 is 6.45. The highest BCUT2D eigenvalue weighted by atomic mass is 79.9. The van der Waals surface area contributed by atoms with Gasteiger partial charge in [-0.15, -0.1) is 0 Å². The minimum absolute atomic E-state index is 0.00861. The summed E-state index contributed by atoms with van der Waals surface area (Å²) in [6.07, 6.45) is 0.615. The molecule has 4 heteroatoms. The molecule has 0 aliphatic carbocycles. The van der Waals surface area contributed by atoms with Crippen LogP contribution in [0.5, 0.6) is 5.75 Å². The molecule has 0 radical (unpaired) electrons. The van der Waals surface area contributed by atoms with Crippen LogP contribution in [0.1, 0.15) is 15.9 Å². The summed E-state index contributed by atoms with van der Waals surface area (Å²) in [4.78, 5) is 10.4. The van der Waals surface area contributed by atoms with Crippen molar-refractivity contribution >= 4 is 38.1 Å². The summed E-state index contributed by atoms with van der Waals surface area (Å²) in [7, 11) is 0. The van der Waals surface area contributed by atoms with Crippen molar-refractivity contribution in [1.82, 2.24) is 0 Å². The quantitative estimate of drug-likeness (QED) is 0.808. The number of carbonyl (C=O) groups excluding carboxylic acids is 1. The molecule has 1 aromatic carbocycles. The zero-order chi connectivity index (χ0) is 9.30. The maximum atomic E-state index is 10.4. The monoisotopic (exact) mass is 292 g/mol. The van der Waals surface area contributed by atoms with E-state index in [0.717, 1.165) is 10.0 Å². The average molecular weight is 294 g/mol. The maximum absolute atomic E-state index is 10.4. The van der Waals surface area contributed by atoms with Crippen molar-refractivity contribution in [1.29, 1.82) is 0 Å². The molecule has 0 spiro atoms. The van der Waals surface area contributed by atoms with Crippen LogP contribution in [0.3, 0.4) is 0 Å². The van der Waals surface area contributed by atoms with Gasteiger partial charge < -0.3 is 5.11 Å². The number of phenols is 1. The Bertz CT molecular complexity index is 334. The molecule has 0 heterocycles. The van der Waals surface area contributed by atoms with Crippen molar-refractivity contribution in [3.05, 3.63) is 26.1 Å². The molecule has 1 aromatic rings. The number of carbonyl (C=O) groups is 1. The molecule has 0 amide bonds. The lowest BCUT2D eigenvalue weighted by molar-refractivity contribution is 0.112. The topological polar surface area (TPSA) is 37.3 Å². The van der Waals surface area contributed by atoms with Crippen LogP contribution < -0.4 is 0 Å². The van der Waals surface area contributed by atoms with Crippen LogP contribution in [0.25, 0.3) is 0 Å². The largest absolute Gasteiger partial charge is 0.506 e. The first-order valence-electron chi connectivity index (χ1n) is 3.20. The second-order valence-electron chi connectivity index (χ2n) is 2.35. The lowest BCUT2D eigenvalue weighted by Crippen LogP contribution is -1.87. The fourth-order valence-corrected chi connectivity index (χ4v) is 1.97. The minimum atomic E-state index is -0.00861. The van der Waals surface area contributed by atoms with Gasteiger partial charge in [0.05, 0.1) is 10.0 Å². The number of phenolic OH excluding ortho intramolecular Hbond substituents is 1. The van der Waals surface area contributed by atoms with Crippen LogP contribution in [0.2, 0.25) is 0 Å². The SMILES string of the molecule is Cc1c(Br)cc(C=O)c(O)c1Br. The van der Waals surface area contributed by atoms with E-state index in [9.17, 15) is 9.90 Å². The van der Waals surface area contributed by atoms with Gasteiger partial charge in [0.25, 0.3) is 0 Å². The molecular formula is C8H6Br2O2. The molecule has 0 atom stereocenters. The van der Waals surface area contributed by atoms with Gasteiger partial charge >= 0.3 is 0 Å². The predicted molar refractivity (Wildman–Crippen MR) is 53.6 cm³/mol. The first-order chi connectivity index (χ1) is 5.57. The molecule has 1 rings (SSSR count). The van der Waals surface area contributed by atoms with Gasteiger partial charge in [-0.25, -0.2) is 0 Å². The predicted octanol–water partition coefficient (Wildman–Crippen LogP) is 3.04. The third-order valence-corrected chi connectivity index (χ3v) is 3.37. The molecule has 0 aliphatic heterocycles. The highest BCUT2D eigenvalue weighted by Crippen LogP contribution is 2.34. The standard InChI is InChI=1S/C8H6Br2O2/c1-4-6(9)2-5(3-11)8(12)7(4)10/h2-3,12H,1H3. The van der Waals surface area contributed by atoms with Gasteiger partial charge in [-0.3, -0.25) is 4.79 Å². The van der Waals surface area contributed by atoms with E-state index in [2.05, 4.69) is 31.9 Å². The van der Waals surface area contributed by atoms with Gasteiger partial charge in [0, 0.05) is 4.47 Å². The van der Waals surface area contributed by atoms with Crippen LogP contribution in [-0.2, 0) is 0 Å². The van der Waals surface area contributed by atoms with Crippen molar-refractivity contribution < 1.29 is 9.90 Å². The highest BCUT2D eigenvalue weighted by Gasteiger charge is 2.10. The Kier molecular flexibility index (Phi) is 2.90. The summed E-state index contributed by atoms with van der Waals surface area (Å²) in [5.41, 5.74) is 1.15. The fourth-order valence-electron chi connectivity index (χ4n) is 0.812. The molecule has 0 unspecified atom stereocenters. The van der Waals surface area contributed by atoms with Crippen LogP contribution >= 0.6 is 31.9 Å². The normalized spacial score (nSPS) is 9.92. The number of aldehydes is 1. The number of halogens is 2. The van der Waals surface area contributed by atoms with Crippen molar-refractivity contribution in [3.8, 4) is 5.75 Å². The van der Waals surface area contributed by atoms with E-state index in [1.165, 1.54) is 0 Å². The first kappa shape index (κ1) is 9.74. The third kappa shape index (κ3) is 1.54. The van der Waals surface area contributed by atoms with Crippen LogP contribution in [0.15, 0.2) is 15.0 Å². The Morgan fingerprint density at radius 1 is 1.50 bits per heavy atom. The van der Waals surface area contributed by atoms with Gasteiger partial charge in [-0.2, -0.15) is 0 Å². The van der Waals surface area contributed by atoms with Crippen molar-refractivity contribution in [2.24, 2.45) is 0 Å². The number of hydrogen-bond donors (Lipinski definition) is 1. The van der Waals surface area contributed by atoms with E-state index in [0.29, 0.717) is 10.8 Å². The van der Waals surface area contributed by atoms with Gasteiger partial charge in [0.15, 0.2) is 6.29 Å². The number of hydrogen-bond acceptors (Lipinski definition) is 2. The van der Waals surface area contributed by atoms with Gasteiger partial charge in [-0.05, 0) is 34.5 Å². The van der Waals surface area contributed by atoms with Crippen molar-refractivity contribution in [2.75, 3.05) is 0 Å². The molecular weight excluding hydrogens is 288 g/mol. The number of benzene rings is 1. The van der Waals surface area contributed by atoms with Gasteiger partial charge in [0.1, 0.15) is 5.75 Å². The zero-order valence-electron chi connectivity index (χ0n) is 6.27. The van der Waals surface area contributed by atoms with Crippen LogP contribution in [0.4, 0.5) is 0 Å². The molecule has 0 fully saturated rings. The van der Waals surface area contributed by atoms with E-state index < -0.39 is 0 Å². The second-order valence-corrected chi connectivity index (χ2v) is 4.00. The number of aromatic hydroxyl groups is 1. The van der Waals surface area contributed by atoms with Crippen molar-refractivity contribution in [2.45, 2.75) is 6.92 Å². The van der Waals surface area contributed by atoms with E-state index in [1.807, 2.05) is 6.92 Å². The third-order valence-electron chi connectivity index (χ3n) is 1.58. The summed E-state index contributed by atoms with van der Waals surface area (Å²) in [5, 5.41) is 9.40. The Morgan fingerprint density at radius 2 is 2.08 bits per heavy atom. The Hall–Kier alpha value is -0.350. The number of rotatable bonds is 1. The second kappa shape index (κ2) is 3.58. The van der Waals surface area contributed by atoms with Crippen molar-refractivity contribution in [3.63, 3.8) is 0 Å². The molecule has 0 saturated heterocycles. The van der Waals surface area contributed by atoms with Crippen LogP contribution in [0, 0.1) is 6.92 Å². The van der Waals surface area contributed by atoms with E-state index in [4.69, 9.17) is 0 Å². The van der Waals surface area contributed by atoms with Gasteiger partial charge in [-0.1, -0.05) is 15.9 Å². The molecule has 0 bridgehead atoms. The molecule has 2 nitrogen and oxygen atoms in total. The summed E-state index contributed by atoms with van der Waals surface area (Å²) < 4.78 is 1.35. The molecule has 0 aliphatic rings. The summed E-state index contributed by atoms with van der Waals surface area (Å²) in [6, 6.07) is 1.59. The zero-order valence-corrected chi connectivity index (χ0v) is 9.44. The smallest absolute Gasteiger partial charge is 0.153 e. The summed E-state index contributed by atoms with van der Waals surface area (Å²) in [6.45, 7) is 1.84. The van der Waals surface area contributed by atoms with Gasteiger partial charge in [0.2, 0.25) is 0 Å². The Morgan fingerprint density at radius 3 is 2.58 bits per heavy atom. The Labute approximate surface area is 86.9 Å². The highest BCUT2D eigenvalue weighted by molar-refractivity contribution is 9.11. The molecule has 1 N–H and O–H groups in total. The van der Waals surface area contributed by atoms with Crippen LogP contribution in [-0.4, -0.2) is 11.4 Å². The lowest BCUT2D eigenvalue weighted by atomic mass is 10.1. The average Bonchev–Trinajstić information content (AvgIpc) is 2.08. The minimum Gasteiger partial charge on any atom is -0.506 e. The Balaban J connectivity index is 3.49. The molecule has 0 saturated carbocycles. The lowest BCUT2D eigenvalue weighted by Gasteiger charge is -2.05. The molecule has 64 valence electrons. The fraction of sp³-hybridized carbons (Fsp3) is 0.125. The molecule has 0 aromatic heterocycles. The maximum Gasteiger partial charge on any atom is 0.153 e. The van der Waals surface area contributed by atoms with E-state index in [-0.39, 0.29) is 11.3 Å². The van der Waals surface area contributed by atoms with E-state index >= 15 is 0 Å². The first-order valence-corrected chi connectivity index (χ1v) is 4.79. The summed E-state index contributed by atoms with van der Waals surface area (Å²) in [5.74, 6) is -0.00861. The molecule has 12 heavy (non-hydrogen) atoms. The van der Waals surface area contributed by atoms with E-state index in [1.54, 1.807) is 6.07 Å².